The van der Waals surface area contributed by atoms with Crippen molar-refractivity contribution in [1.82, 2.24) is 10.9 Å². The predicted octanol–water partition coefficient (Wildman–Crippen LogP) is 2.14. The third-order valence-electron chi connectivity index (χ3n) is 3.08. The van der Waals surface area contributed by atoms with Crippen LogP contribution in [0, 0.1) is 0 Å². The van der Waals surface area contributed by atoms with Crippen molar-refractivity contribution in [2.24, 2.45) is 0 Å². The van der Waals surface area contributed by atoms with E-state index >= 15 is 0 Å². The van der Waals surface area contributed by atoms with Gasteiger partial charge >= 0.3 is 6.61 Å². The van der Waals surface area contributed by atoms with Crippen LogP contribution in [0.15, 0.2) is 48.5 Å². The van der Waals surface area contributed by atoms with Crippen molar-refractivity contribution in [1.29, 1.82) is 0 Å². The third kappa shape index (κ3) is 5.62. The van der Waals surface area contributed by atoms with E-state index in [2.05, 4.69) is 15.6 Å². The minimum absolute atomic E-state index is 0.0780. The van der Waals surface area contributed by atoms with Crippen LogP contribution in [0.2, 0.25) is 0 Å². The van der Waals surface area contributed by atoms with Gasteiger partial charge in [0.15, 0.2) is 18.1 Å². The summed E-state index contributed by atoms with van der Waals surface area (Å²) >= 11 is 0. The molecule has 0 aliphatic heterocycles. The molecule has 0 saturated heterocycles. The van der Waals surface area contributed by atoms with Gasteiger partial charge < -0.3 is 14.2 Å². The SMILES string of the molecule is COc1ccccc1OCC(=O)NNC(=O)c1ccc(OC(F)F)cc1. The van der Waals surface area contributed by atoms with Crippen LogP contribution in [0.4, 0.5) is 8.78 Å². The van der Waals surface area contributed by atoms with Gasteiger partial charge in [-0.2, -0.15) is 8.78 Å². The maximum absolute atomic E-state index is 12.1. The highest BCUT2D eigenvalue weighted by atomic mass is 19.3. The molecule has 0 spiro atoms. The number of carbonyl (C=O) groups excluding carboxylic acids is 2. The van der Waals surface area contributed by atoms with E-state index in [0.717, 1.165) is 0 Å². The largest absolute Gasteiger partial charge is 0.493 e. The molecule has 0 unspecified atom stereocenters. The van der Waals surface area contributed by atoms with Crippen molar-refractivity contribution < 1.29 is 32.6 Å². The molecular weight excluding hydrogens is 350 g/mol. The maximum atomic E-state index is 12.1. The lowest BCUT2D eigenvalue weighted by molar-refractivity contribution is -0.123. The molecule has 2 amide bonds. The lowest BCUT2D eigenvalue weighted by Gasteiger charge is -2.11. The van der Waals surface area contributed by atoms with Gasteiger partial charge in [0.2, 0.25) is 0 Å². The maximum Gasteiger partial charge on any atom is 0.387 e. The zero-order valence-corrected chi connectivity index (χ0v) is 13.7. The van der Waals surface area contributed by atoms with Gasteiger partial charge in [-0.05, 0) is 36.4 Å². The van der Waals surface area contributed by atoms with Gasteiger partial charge in [0.25, 0.3) is 11.8 Å². The highest BCUT2D eigenvalue weighted by Gasteiger charge is 2.10. The Hall–Kier alpha value is -3.36. The van der Waals surface area contributed by atoms with E-state index in [1.54, 1.807) is 24.3 Å². The van der Waals surface area contributed by atoms with Crippen molar-refractivity contribution in [3.63, 3.8) is 0 Å². The molecule has 2 N–H and O–H groups in total. The number of nitrogens with one attached hydrogen (secondary N) is 2. The number of benzene rings is 2. The van der Waals surface area contributed by atoms with Crippen molar-refractivity contribution in [3.05, 3.63) is 54.1 Å². The fourth-order valence-electron chi connectivity index (χ4n) is 1.90. The number of hydrogen-bond donors (Lipinski definition) is 2. The minimum atomic E-state index is -2.95. The molecule has 0 aromatic heterocycles. The van der Waals surface area contributed by atoms with Crippen molar-refractivity contribution in [2.75, 3.05) is 13.7 Å². The molecule has 7 nitrogen and oxygen atoms in total. The monoisotopic (exact) mass is 366 g/mol. The van der Waals surface area contributed by atoms with Gasteiger partial charge in [0, 0.05) is 5.56 Å². The van der Waals surface area contributed by atoms with E-state index in [1.807, 2.05) is 0 Å². The van der Waals surface area contributed by atoms with Crippen molar-refractivity contribution in [3.8, 4) is 17.2 Å². The highest BCUT2D eigenvalue weighted by Crippen LogP contribution is 2.25. The molecule has 0 aliphatic carbocycles. The normalized spacial score (nSPS) is 10.2. The van der Waals surface area contributed by atoms with Crippen LogP contribution in [-0.4, -0.2) is 32.1 Å². The Labute approximate surface area is 147 Å². The van der Waals surface area contributed by atoms with Crippen molar-refractivity contribution >= 4 is 11.8 Å². The van der Waals surface area contributed by atoms with Crippen LogP contribution in [0.3, 0.4) is 0 Å². The Morgan fingerprint density at radius 3 is 2.27 bits per heavy atom. The highest BCUT2D eigenvalue weighted by molar-refractivity contribution is 5.95. The van der Waals surface area contributed by atoms with Crippen LogP contribution < -0.4 is 25.1 Å². The van der Waals surface area contributed by atoms with E-state index in [-0.39, 0.29) is 17.9 Å². The first-order valence-corrected chi connectivity index (χ1v) is 7.39. The van der Waals surface area contributed by atoms with E-state index in [1.165, 1.54) is 31.4 Å². The average Bonchev–Trinajstić information content (AvgIpc) is 2.64. The fourth-order valence-corrected chi connectivity index (χ4v) is 1.90. The number of hydrazine groups is 1. The van der Waals surface area contributed by atoms with Crippen LogP contribution in [0.1, 0.15) is 10.4 Å². The first-order chi connectivity index (χ1) is 12.5. The lowest BCUT2D eigenvalue weighted by atomic mass is 10.2. The molecular formula is C17H16F2N2O5. The molecule has 0 fully saturated rings. The molecule has 26 heavy (non-hydrogen) atoms. The lowest BCUT2D eigenvalue weighted by Crippen LogP contribution is -2.43. The second kappa shape index (κ2) is 9.21. The van der Waals surface area contributed by atoms with Gasteiger partial charge in [-0.25, -0.2) is 0 Å². The number of amides is 2. The zero-order valence-electron chi connectivity index (χ0n) is 13.7. The molecule has 2 rings (SSSR count). The Kier molecular flexibility index (Phi) is 6.72. The Bertz CT molecular complexity index is 753. The van der Waals surface area contributed by atoms with E-state index in [0.29, 0.717) is 11.5 Å². The average molecular weight is 366 g/mol. The number of halogens is 2. The van der Waals surface area contributed by atoms with E-state index < -0.39 is 18.4 Å². The summed E-state index contributed by atoms with van der Waals surface area (Å²) in [6.07, 6.45) is 0. The summed E-state index contributed by atoms with van der Waals surface area (Å²) in [7, 11) is 1.47. The second-order valence-corrected chi connectivity index (χ2v) is 4.84. The fraction of sp³-hybridized carbons (Fsp3) is 0.176. The first-order valence-electron chi connectivity index (χ1n) is 7.39. The van der Waals surface area contributed by atoms with Gasteiger partial charge in [-0.1, -0.05) is 12.1 Å². The third-order valence-corrected chi connectivity index (χ3v) is 3.08. The van der Waals surface area contributed by atoms with Crippen LogP contribution in [-0.2, 0) is 4.79 Å². The number of hydrogen-bond acceptors (Lipinski definition) is 5. The molecule has 2 aromatic carbocycles. The smallest absolute Gasteiger partial charge is 0.387 e. The van der Waals surface area contributed by atoms with Crippen LogP contribution >= 0.6 is 0 Å². The minimum Gasteiger partial charge on any atom is -0.493 e. The predicted molar refractivity (Wildman–Crippen MR) is 87.2 cm³/mol. The molecule has 0 radical (unpaired) electrons. The Morgan fingerprint density at radius 1 is 1.00 bits per heavy atom. The molecule has 138 valence electrons. The second-order valence-electron chi connectivity index (χ2n) is 4.84. The first kappa shape index (κ1) is 19.0. The van der Waals surface area contributed by atoms with E-state index in [4.69, 9.17) is 9.47 Å². The summed E-state index contributed by atoms with van der Waals surface area (Å²) < 4.78 is 38.7. The topological polar surface area (TPSA) is 85.9 Å². The number of methoxy groups -OCH3 is 1. The van der Waals surface area contributed by atoms with E-state index in [9.17, 15) is 18.4 Å². The van der Waals surface area contributed by atoms with Crippen molar-refractivity contribution in [2.45, 2.75) is 6.61 Å². The Morgan fingerprint density at radius 2 is 1.65 bits per heavy atom. The standard InChI is InChI=1S/C17H16F2N2O5/c1-24-13-4-2-3-5-14(13)25-10-15(22)20-21-16(23)11-6-8-12(9-7-11)26-17(18)19/h2-9,17H,10H2,1H3,(H,20,22)(H,21,23). The molecule has 0 heterocycles. The Balaban J connectivity index is 1.80. The molecule has 9 heteroatoms. The van der Waals surface area contributed by atoms with Gasteiger partial charge in [0.05, 0.1) is 7.11 Å². The van der Waals surface area contributed by atoms with Gasteiger partial charge in [0.1, 0.15) is 5.75 Å². The number of carbonyl (C=O) groups is 2. The summed E-state index contributed by atoms with van der Waals surface area (Å²) in [6, 6.07) is 11.8. The molecule has 0 bridgehead atoms. The van der Waals surface area contributed by atoms with Crippen LogP contribution in [0.5, 0.6) is 17.2 Å². The number of rotatable bonds is 7. The number of para-hydroxylation sites is 2. The summed E-state index contributed by atoms with van der Waals surface area (Å²) in [5, 5.41) is 0. The number of alkyl halides is 2. The summed E-state index contributed by atoms with van der Waals surface area (Å²) in [6.45, 7) is -3.29. The summed E-state index contributed by atoms with van der Waals surface area (Å²) in [5.74, 6) is -0.450. The molecule has 2 aromatic rings. The molecule has 0 aliphatic rings. The molecule has 0 saturated carbocycles. The summed E-state index contributed by atoms with van der Waals surface area (Å²) in [5.41, 5.74) is 4.52. The van der Waals surface area contributed by atoms with Crippen LogP contribution in [0.25, 0.3) is 0 Å². The molecule has 0 atom stereocenters. The number of ether oxygens (including phenoxy) is 3. The quantitative estimate of drug-likeness (QED) is 0.734. The summed E-state index contributed by atoms with van der Waals surface area (Å²) in [4.78, 5) is 23.6. The zero-order chi connectivity index (χ0) is 18.9. The van der Waals surface area contributed by atoms with Gasteiger partial charge in [-0.15, -0.1) is 0 Å². The van der Waals surface area contributed by atoms with Gasteiger partial charge in [-0.3, -0.25) is 20.4 Å².